The highest BCUT2D eigenvalue weighted by molar-refractivity contribution is 5.95. The van der Waals surface area contributed by atoms with Crippen molar-refractivity contribution in [1.29, 1.82) is 0 Å². The topological polar surface area (TPSA) is 77.2 Å². The van der Waals surface area contributed by atoms with E-state index in [0.29, 0.717) is 18.0 Å². The van der Waals surface area contributed by atoms with Crippen molar-refractivity contribution < 1.29 is 9.53 Å². The molecule has 0 aliphatic heterocycles. The lowest BCUT2D eigenvalue weighted by Crippen LogP contribution is -2.35. The molecule has 0 saturated carbocycles. The second-order valence-electron chi connectivity index (χ2n) is 4.03. The molecule has 0 spiro atoms. The number of pyridine rings is 1. The van der Waals surface area contributed by atoms with Crippen molar-refractivity contribution in [3.8, 4) is 5.88 Å². The standard InChI is InChI=1S/C12H19N3O2/c1-4-9(13)11(16)15-10-6-5-7-14-12(10)17-8(2)3/h5-9H,4,13H2,1-3H3,(H,15,16). The minimum atomic E-state index is -0.512. The van der Waals surface area contributed by atoms with Gasteiger partial charge >= 0.3 is 0 Å². The van der Waals surface area contributed by atoms with Crippen LogP contribution in [0.2, 0.25) is 0 Å². The predicted molar refractivity (Wildman–Crippen MR) is 66.9 cm³/mol. The van der Waals surface area contributed by atoms with Crippen LogP contribution in [-0.4, -0.2) is 23.0 Å². The maximum Gasteiger partial charge on any atom is 0.241 e. The molecule has 0 saturated heterocycles. The number of amides is 1. The minimum Gasteiger partial charge on any atom is -0.473 e. The highest BCUT2D eigenvalue weighted by atomic mass is 16.5. The Balaban J connectivity index is 2.79. The summed E-state index contributed by atoms with van der Waals surface area (Å²) in [5.74, 6) is 0.188. The number of hydrogen-bond acceptors (Lipinski definition) is 4. The molecule has 1 amide bonds. The Morgan fingerprint density at radius 2 is 2.29 bits per heavy atom. The lowest BCUT2D eigenvalue weighted by atomic mass is 10.2. The summed E-state index contributed by atoms with van der Waals surface area (Å²) in [5.41, 5.74) is 6.19. The van der Waals surface area contributed by atoms with Crippen molar-refractivity contribution in [3.05, 3.63) is 18.3 Å². The molecule has 0 radical (unpaired) electrons. The van der Waals surface area contributed by atoms with Gasteiger partial charge in [0.25, 0.3) is 0 Å². The van der Waals surface area contributed by atoms with Crippen LogP contribution in [0.5, 0.6) is 5.88 Å². The molecule has 0 aromatic carbocycles. The number of anilines is 1. The van der Waals surface area contributed by atoms with Crippen LogP contribution in [0.25, 0.3) is 0 Å². The van der Waals surface area contributed by atoms with Crippen molar-refractivity contribution in [3.63, 3.8) is 0 Å². The van der Waals surface area contributed by atoms with Crippen molar-refractivity contribution in [2.45, 2.75) is 39.3 Å². The zero-order valence-electron chi connectivity index (χ0n) is 10.4. The lowest BCUT2D eigenvalue weighted by Gasteiger charge is -2.15. The summed E-state index contributed by atoms with van der Waals surface area (Å²) >= 11 is 0. The summed E-state index contributed by atoms with van der Waals surface area (Å²) in [6.07, 6.45) is 2.21. The number of aromatic nitrogens is 1. The summed E-state index contributed by atoms with van der Waals surface area (Å²) in [4.78, 5) is 15.7. The molecule has 0 fully saturated rings. The third-order valence-corrected chi connectivity index (χ3v) is 2.15. The second kappa shape index (κ2) is 6.20. The SMILES string of the molecule is CCC(N)C(=O)Nc1cccnc1OC(C)C. The van der Waals surface area contributed by atoms with Crippen LogP contribution in [0.15, 0.2) is 18.3 Å². The van der Waals surface area contributed by atoms with Crippen molar-refractivity contribution >= 4 is 11.6 Å². The maximum atomic E-state index is 11.7. The van der Waals surface area contributed by atoms with Crippen LogP contribution in [-0.2, 0) is 4.79 Å². The quantitative estimate of drug-likeness (QED) is 0.814. The summed E-state index contributed by atoms with van der Waals surface area (Å²) in [5, 5.41) is 2.72. The van der Waals surface area contributed by atoms with Gasteiger partial charge < -0.3 is 15.8 Å². The van der Waals surface area contributed by atoms with Crippen LogP contribution in [0.3, 0.4) is 0 Å². The van der Waals surface area contributed by atoms with E-state index >= 15 is 0 Å². The van der Waals surface area contributed by atoms with E-state index < -0.39 is 6.04 Å². The number of carbonyl (C=O) groups is 1. The fourth-order valence-electron chi connectivity index (χ4n) is 1.21. The summed E-state index contributed by atoms with van der Waals surface area (Å²) in [6, 6.07) is 2.97. The number of carbonyl (C=O) groups excluding carboxylic acids is 1. The van der Waals surface area contributed by atoms with Crippen LogP contribution >= 0.6 is 0 Å². The number of nitrogens with two attached hydrogens (primary N) is 1. The molecule has 0 bridgehead atoms. The van der Waals surface area contributed by atoms with E-state index in [2.05, 4.69) is 10.3 Å². The molecule has 3 N–H and O–H groups in total. The largest absolute Gasteiger partial charge is 0.473 e. The molecule has 94 valence electrons. The van der Waals surface area contributed by atoms with E-state index in [1.54, 1.807) is 18.3 Å². The normalized spacial score (nSPS) is 12.3. The molecule has 1 aromatic heterocycles. The van der Waals surface area contributed by atoms with E-state index in [4.69, 9.17) is 10.5 Å². The number of hydrogen-bond donors (Lipinski definition) is 2. The van der Waals surface area contributed by atoms with Crippen molar-refractivity contribution in [1.82, 2.24) is 4.98 Å². The average molecular weight is 237 g/mol. The zero-order valence-corrected chi connectivity index (χ0v) is 10.4. The molecule has 1 aromatic rings. The van der Waals surface area contributed by atoms with E-state index in [1.165, 1.54) is 0 Å². The molecule has 0 aliphatic carbocycles. The van der Waals surface area contributed by atoms with E-state index in [9.17, 15) is 4.79 Å². The minimum absolute atomic E-state index is 0.000371. The Labute approximate surface area is 101 Å². The van der Waals surface area contributed by atoms with Crippen molar-refractivity contribution in [2.24, 2.45) is 5.73 Å². The number of rotatable bonds is 5. The first-order valence-corrected chi connectivity index (χ1v) is 5.72. The zero-order chi connectivity index (χ0) is 12.8. The molecule has 1 unspecified atom stereocenters. The van der Waals surface area contributed by atoms with Gasteiger partial charge in [-0.05, 0) is 32.4 Å². The van der Waals surface area contributed by atoms with Gasteiger partial charge in [-0.15, -0.1) is 0 Å². The van der Waals surface area contributed by atoms with Gasteiger partial charge in [0.2, 0.25) is 11.8 Å². The molecule has 5 nitrogen and oxygen atoms in total. The molecule has 5 heteroatoms. The van der Waals surface area contributed by atoms with Gasteiger partial charge in [-0.3, -0.25) is 4.79 Å². The highest BCUT2D eigenvalue weighted by Gasteiger charge is 2.14. The molecular formula is C12H19N3O2. The van der Waals surface area contributed by atoms with E-state index in [1.807, 2.05) is 20.8 Å². The van der Waals surface area contributed by atoms with Crippen LogP contribution in [0.1, 0.15) is 27.2 Å². The fraction of sp³-hybridized carbons (Fsp3) is 0.500. The third kappa shape index (κ3) is 4.03. The maximum absolute atomic E-state index is 11.7. The van der Waals surface area contributed by atoms with Gasteiger partial charge in [-0.25, -0.2) is 4.98 Å². The van der Waals surface area contributed by atoms with Gasteiger partial charge in [-0.2, -0.15) is 0 Å². The first kappa shape index (κ1) is 13.4. The Bertz CT molecular complexity index is 380. The number of ether oxygens (including phenoxy) is 1. The van der Waals surface area contributed by atoms with Gasteiger partial charge in [0.15, 0.2) is 0 Å². The predicted octanol–water partition coefficient (Wildman–Crippen LogP) is 1.54. The number of nitrogens with zero attached hydrogens (tertiary/aromatic N) is 1. The summed E-state index contributed by atoms with van der Waals surface area (Å²) in [6.45, 7) is 5.66. The summed E-state index contributed by atoms with van der Waals surface area (Å²) < 4.78 is 5.49. The third-order valence-electron chi connectivity index (χ3n) is 2.15. The molecule has 0 aliphatic rings. The Kier molecular flexibility index (Phi) is 4.90. The van der Waals surface area contributed by atoms with Crippen molar-refractivity contribution in [2.75, 3.05) is 5.32 Å². The lowest BCUT2D eigenvalue weighted by molar-refractivity contribution is -0.117. The fourth-order valence-corrected chi connectivity index (χ4v) is 1.21. The van der Waals surface area contributed by atoms with Gasteiger partial charge in [0, 0.05) is 6.20 Å². The van der Waals surface area contributed by atoms with Gasteiger partial charge in [-0.1, -0.05) is 6.92 Å². The smallest absolute Gasteiger partial charge is 0.241 e. The van der Waals surface area contributed by atoms with Crippen LogP contribution < -0.4 is 15.8 Å². The van der Waals surface area contributed by atoms with E-state index in [0.717, 1.165) is 0 Å². The first-order valence-electron chi connectivity index (χ1n) is 5.72. The number of nitrogens with one attached hydrogen (secondary N) is 1. The molecule has 1 rings (SSSR count). The molecule has 1 atom stereocenters. The Morgan fingerprint density at radius 1 is 1.59 bits per heavy atom. The first-order chi connectivity index (χ1) is 8.04. The molecule has 17 heavy (non-hydrogen) atoms. The highest BCUT2D eigenvalue weighted by Crippen LogP contribution is 2.21. The van der Waals surface area contributed by atoms with Gasteiger partial charge in [0.05, 0.1) is 12.1 Å². The molecule has 1 heterocycles. The van der Waals surface area contributed by atoms with Crippen LogP contribution in [0.4, 0.5) is 5.69 Å². The van der Waals surface area contributed by atoms with Crippen LogP contribution in [0, 0.1) is 0 Å². The monoisotopic (exact) mass is 237 g/mol. The van der Waals surface area contributed by atoms with Gasteiger partial charge in [0.1, 0.15) is 5.69 Å². The van der Waals surface area contributed by atoms with E-state index in [-0.39, 0.29) is 12.0 Å². The Hall–Kier alpha value is -1.62. The Morgan fingerprint density at radius 3 is 2.88 bits per heavy atom. The summed E-state index contributed by atoms with van der Waals surface area (Å²) in [7, 11) is 0. The second-order valence-corrected chi connectivity index (χ2v) is 4.03. The molecular weight excluding hydrogens is 218 g/mol. The average Bonchev–Trinajstić information content (AvgIpc) is 2.29.